The lowest BCUT2D eigenvalue weighted by Gasteiger charge is -2.59. The Hall–Kier alpha value is -6.52. The number of hydrogen-bond acceptors (Lipinski definition) is 22. The van der Waals surface area contributed by atoms with Gasteiger partial charge in [0.25, 0.3) is 10.1 Å². The monoisotopic (exact) mass is 1660 g/mol. The van der Waals surface area contributed by atoms with E-state index in [1.54, 1.807) is 34.6 Å². The highest BCUT2D eigenvalue weighted by Gasteiger charge is 2.77. The van der Waals surface area contributed by atoms with Crippen LogP contribution in [0.4, 0.5) is 35.1 Å². The number of halogens is 8. The molecule has 112 heavy (non-hydrogen) atoms. The van der Waals surface area contributed by atoms with E-state index in [1.165, 1.54) is 48.8 Å². The predicted octanol–water partition coefficient (Wildman–Crippen LogP) is 14.6. The molecule has 11 rings (SSSR count). The van der Waals surface area contributed by atoms with Gasteiger partial charge in [0, 0.05) is 18.3 Å². The minimum absolute atomic E-state index is 0.0130. The van der Waals surface area contributed by atoms with Crippen LogP contribution in [-0.2, 0) is 102 Å². The second-order valence-electron chi connectivity index (χ2n) is 33.3. The van der Waals surface area contributed by atoms with Crippen molar-refractivity contribution in [2.24, 2.45) is 51.2 Å². The number of fused-ring (bicyclic) bond motifs is 1. The van der Waals surface area contributed by atoms with E-state index >= 15 is 0 Å². The number of alkyl halides is 8. The molecule has 1 saturated heterocycles. The first-order valence-corrected chi connectivity index (χ1v) is 41.7. The van der Waals surface area contributed by atoms with Crippen molar-refractivity contribution in [2.75, 3.05) is 13.2 Å². The first kappa shape index (κ1) is 94.3. The third-order valence-electron chi connectivity index (χ3n) is 22.8. The fraction of sp³-hybridized carbons (Fsp3) is 0.684. The van der Waals surface area contributed by atoms with Gasteiger partial charge in [-0.2, -0.15) is 43.5 Å². The standard InChI is InChI=1S/C21H30F6O7.C18H15S.C16H26O3.C15H22O7S.C9H16F2O5S/c1-6-17(2,3)15(29)33-13-9-7-12(8-10-13)18(4,5)34-14(28)11-32-16(30)19(31,20(22,23)24)21(25,26)27;1-4-10-16(11-5-1)19(17-12-6-2-7-13-17)18-14-8-3-9-15-18;1-4-14(2,3)13(17)19-16-8-11-5-12(9-16)7-15(18,6-11)10-16;1-4-15(2,3)14(17)20-7-11(16)21-12-8-5-9-10(6-8)23(18,19)22-13(9)12;1-5-8(3,4)7(12)16-6(2)9(10,11)17(13,14)15/h12-13,31H,6-11H2,1-5H3;1-15H;11-12,18H,4-10H2,1-3H3;8-10,12-13H,4-7H2,1-3H3;6H,5H2,1-4H3,(H,13,14,15)/q;+1;;;/p-1. The van der Waals surface area contributed by atoms with Gasteiger partial charge >= 0.3 is 65.0 Å². The number of aliphatic hydroxyl groups is 2. The van der Waals surface area contributed by atoms with E-state index in [0.29, 0.717) is 83.0 Å². The molecule has 8 aliphatic rings. The van der Waals surface area contributed by atoms with Gasteiger partial charge < -0.3 is 47.9 Å². The molecule has 0 amide bonds. The van der Waals surface area contributed by atoms with Gasteiger partial charge in [0.1, 0.15) is 29.5 Å². The molecule has 22 nitrogen and oxygen atoms in total. The van der Waals surface area contributed by atoms with Crippen molar-refractivity contribution >= 4 is 72.9 Å². The highest BCUT2D eigenvalue weighted by molar-refractivity contribution is 7.97. The fourth-order valence-electron chi connectivity index (χ4n) is 14.6. The summed E-state index contributed by atoms with van der Waals surface area (Å²) in [7, 11) is -9.40. The Balaban J connectivity index is 0.000000223. The van der Waals surface area contributed by atoms with Gasteiger partial charge in [-0.3, -0.25) is 23.4 Å². The van der Waals surface area contributed by atoms with E-state index in [0.717, 1.165) is 32.1 Å². The molecule has 6 bridgehead atoms. The van der Waals surface area contributed by atoms with Gasteiger partial charge in [-0.05, 0) is 227 Å². The molecular formula is C79H108F8O22S3. The van der Waals surface area contributed by atoms with Crippen molar-refractivity contribution < 1.29 is 138 Å². The molecule has 8 atom stereocenters. The molecular weight excluding hydrogens is 1550 g/mol. The molecule has 0 aromatic heterocycles. The van der Waals surface area contributed by atoms with Gasteiger partial charge in [0.05, 0.1) is 43.4 Å². The summed E-state index contributed by atoms with van der Waals surface area (Å²) in [5.41, 5.74) is -10.6. The first-order valence-electron chi connectivity index (χ1n) is 37.6. The number of carbonyl (C=O) groups is 7. The lowest BCUT2D eigenvalue weighted by atomic mass is 9.52. The summed E-state index contributed by atoms with van der Waals surface area (Å²) >= 11 is 0. The SMILES string of the molecule is CCC(C)(C)C(=O)OC(C)C(F)(F)S(=O)(=O)[O-].CCC(C)(C)C(=O)OC12CC3CC(CC(O)(C3)C1)C2.CCC(C)(C)C(=O)OC1CCC(C(C)(C)OC(=O)COC(=O)C(O)(C(F)(F)F)C(F)(F)F)CC1.CCC(C)(C)C(=O)OCC(=O)OC1C2CC3C1OS(=O)(=O)C3C2.c1ccc([S+](c2ccccc2)c2ccccc2)cc1. The smallest absolute Gasteiger partial charge is 0.437 e. The molecule has 1 heterocycles. The summed E-state index contributed by atoms with van der Waals surface area (Å²) < 4.78 is 197. The maximum Gasteiger partial charge on any atom is 0.437 e. The Kier molecular flexibility index (Phi) is 30.6. The second-order valence-corrected chi connectivity index (χ2v) is 38.5. The molecule has 7 aliphatic carbocycles. The van der Waals surface area contributed by atoms with Crippen LogP contribution in [-0.4, -0.2) is 156 Å². The molecule has 2 N–H and O–H groups in total. The van der Waals surface area contributed by atoms with E-state index in [2.05, 4.69) is 100 Å². The van der Waals surface area contributed by atoms with E-state index in [9.17, 15) is 95.2 Å². The van der Waals surface area contributed by atoms with E-state index in [1.807, 2.05) is 34.6 Å². The summed E-state index contributed by atoms with van der Waals surface area (Å²) in [6, 6.07) is 32.2. The summed E-state index contributed by atoms with van der Waals surface area (Å²) in [4.78, 5) is 87.2. The number of hydrogen-bond donors (Lipinski definition) is 2. The van der Waals surface area contributed by atoms with Crippen LogP contribution in [0.5, 0.6) is 0 Å². The average molecular weight is 1660 g/mol. The van der Waals surface area contributed by atoms with E-state index in [4.69, 9.17) is 33.0 Å². The first-order chi connectivity index (χ1) is 51.4. The van der Waals surface area contributed by atoms with Crippen LogP contribution in [0.25, 0.3) is 0 Å². The summed E-state index contributed by atoms with van der Waals surface area (Å²) in [5, 5.41) is 14.5. The van der Waals surface area contributed by atoms with Crippen LogP contribution in [0.15, 0.2) is 106 Å². The Morgan fingerprint density at radius 2 is 1.00 bits per heavy atom. The Labute approximate surface area is 653 Å². The number of carbonyl (C=O) groups excluding carboxylic acids is 7. The molecule has 1 aliphatic heterocycles. The lowest BCUT2D eigenvalue weighted by molar-refractivity contribution is -0.357. The predicted molar refractivity (Wildman–Crippen MR) is 391 cm³/mol. The molecule has 3 aromatic carbocycles. The van der Waals surface area contributed by atoms with Crippen LogP contribution in [0, 0.1) is 51.2 Å². The van der Waals surface area contributed by atoms with Gasteiger partial charge in [-0.25, -0.2) is 22.8 Å². The second kappa shape index (κ2) is 36.3. The molecule has 630 valence electrons. The molecule has 8 fully saturated rings. The zero-order chi connectivity index (χ0) is 84.6. The average Bonchev–Trinajstić information content (AvgIpc) is 1.45. The van der Waals surface area contributed by atoms with Crippen molar-refractivity contribution in [3.8, 4) is 0 Å². The molecule has 8 unspecified atom stereocenters. The Morgan fingerprint density at radius 3 is 1.43 bits per heavy atom. The zero-order valence-electron chi connectivity index (χ0n) is 66.0. The zero-order valence-corrected chi connectivity index (χ0v) is 68.4. The highest BCUT2D eigenvalue weighted by atomic mass is 32.2. The third kappa shape index (κ3) is 23.0. The summed E-state index contributed by atoms with van der Waals surface area (Å²) in [5.74, 6) is -6.18. The van der Waals surface area contributed by atoms with Gasteiger partial charge in [-0.15, -0.1) is 0 Å². The molecule has 0 spiro atoms. The normalized spacial score (nSPS) is 25.5. The fourth-order valence-corrected chi connectivity index (χ4v) is 19.0. The van der Waals surface area contributed by atoms with Crippen molar-refractivity contribution in [3.63, 3.8) is 0 Å². The molecule has 7 saturated carbocycles. The topological polar surface area (TPSA) is 325 Å². The largest absolute Gasteiger partial charge is 0.743 e. The van der Waals surface area contributed by atoms with Crippen molar-refractivity contribution in [3.05, 3.63) is 91.0 Å². The van der Waals surface area contributed by atoms with E-state index in [-0.39, 0.29) is 52.3 Å². The highest BCUT2D eigenvalue weighted by Crippen LogP contribution is 2.60. The van der Waals surface area contributed by atoms with Crippen LogP contribution in [0.3, 0.4) is 0 Å². The maximum absolute atomic E-state index is 13.0. The lowest BCUT2D eigenvalue weighted by Crippen LogP contribution is -2.63. The van der Waals surface area contributed by atoms with Crippen LogP contribution >= 0.6 is 0 Å². The van der Waals surface area contributed by atoms with Crippen molar-refractivity contribution in [1.82, 2.24) is 0 Å². The number of esters is 7. The van der Waals surface area contributed by atoms with E-state index < -0.39 is 143 Å². The van der Waals surface area contributed by atoms with Gasteiger partial charge in [0.15, 0.2) is 44.1 Å². The van der Waals surface area contributed by atoms with Crippen molar-refractivity contribution in [2.45, 2.75) is 291 Å². The summed E-state index contributed by atoms with van der Waals surface area (Å²) in [6.45, 7) is 22.9. The maximum atomic E-state index is 13.0. The van der Waals surface area contributed by atoms with Crippen LogP contribution < -0.4 is 0 Å². The molecule has 33 heteroatoms. The molecule has 3 aromatic rings. The molecule has 0 radical (unpaired) electrons. The van der Waals surface area contributed by atoms with Gasteiger partial charge in [-0.1, -0.05) is 82.3 Å². The quantitative estimate of drug-likeness (QED) is 0.0210. The number of benzene rings is 3. The van der Waals surface area contributed by atoms with Crippen LogP contribution in [0.1, 0.15) is 207 Å². The van der Waals surface area contributed by atoms with Crippen molar-refractivity contribution in [1.29, 1.82) is 0 Å². The third-order valence-corrected chi connectivity index (χ3v) is 27.8. The summed E-state index contributed by atoms with van der Waals surface area (Å²) in [6.07, 6.45) is -5.59. The Morgan fingerprint density at radius 1 is 0.580 bits per heavy atom. The number of ether oxygens (including phenoxy) is 7. The minimum Gasteiger partial charge on any atom is -0.743 e. The Bertz CT molecular complexity index is 3840. The van der Waals surface area contributed by atoms with Gasteiger partial charge in [0.2, 0.25) is 0 Å². The number of rotatable bonds is 24. The minimum atomic E-state index is -6.42. The van der Waals surface area contributed by atoms with Crippen LogP contribution in [0.2, 0.25) is 0 Å².